The largest absolute Gasteiger partial charge is 0.616 e. The van der Waals surface area contributed by atoms with Crippen LogP contribution in [0.5, 0.6) is 0 Å². The van der Waals surface area contributed by atoms with E-state index in [0.717, 1.165) is 14.2 Å². The van der Waals surface area contributed by atoms with Crippen LogP contribution in [0.2, 0.25) is 6.04 Å². The first-order chi connectivity index (χ1) is 6.33. The van der Waals surface area contributed by atoms with E-state index in [9.17, 15) is 16.9 Å². The standard InChI is InChI=1S/C5H13F3NO3PSi/c1-11-13(10,12-2)9-4-3-5-14(6,7)8/h3-5H2,1-2H3,(H,9,10). The molecule has 0 aliphatic heterocycles. The van der Waals surface area contributed by atoms with E-state index >= 15 is 0 Å². The molecule has 0 radical (unpaired) electrons. The molecule has 0 unspecified atom stereocenters. The van der Waals surface area contributed by atoms with Crippen LogP contribution in [0.25, 0.3) is 0 Å². The second-order valence-corrected chi connectivity index (χ2v) is 6.26. The molecular weight excluding hydrogens is 238 g/mol. The minimum Gasteiger partial charge on any atom is -0.300 e. The van der Waals surface area contributed by atoms with Crippen LogP contribution in [0.4, 0.5) is 12.3 Å². The van der Waals surface area contributed by atoms with Crippen LogP contribution in [0.1, 0.15) is 6.42 Å². The Morgan fingerprint density at radius 2 is 1.79 bits per heavy atom. The average molecular weight is 251 g/mol. The lowest BCUT2D eigenvalue weighted by atomic mass is 10.5. The molecule has 4 nitrogen and oxygen atoms in total. The van der Waals surface area contributed by atoms with Crippen molar-refractivity contribution in [2.24, 2.45) is 0 Å². The number of halogens is 3. The monoisotopic (exact) mass is 251 g/mol. The zero-order valence-corrected chi connectivity index (χ0v) is 9.82. The Bertz CT molecular complexity index is 205. The van der Waals surface area contributed by atoms with Gasteiger partial charge >= 0.3 is 16.8 Å². The normalized spacial score (nSPS) is 13.2. The average Bonchev–Trinajstić information content (AvgIpc) is 2.11. The van der Waals surface area contributed by atoms with E-state index in [1.165, 1.54) is 0 Å². The number of nitrogens with one attached hydrogen (secondary N) is 1. The highest BCUT2D eigenvalue weighted by Gasteiger charge is 2.35. The van der Waals surface area contributed by atoms with Gasteiger partial charge in [-0.3, -0.25) is 0 Å². The molecule has 86 valence electrons. The molecule has 0 heterocycles. The van der Waals surface area contributed by atoms with Gasteiger partial charge in [0.2, 0.25) is 0 Å². The van der Waals surface area contributed by atoms with Crippen LogP contribution in [0, 0.1) is 0 Å². The van der Waals surface area contributed by atoms with Crippen LogP contribution in [0.3, 0.4) is 0 Å². The van der Waals surface area contributed by atoms with Crippen molar-refractivity contribution in [3.63, 3.8) is 0 Å². The predicted octanol–water partition coefficient (Wildman–Crippen LogP) is 2.21. The molecular formula is C5H13F3NO3PSi. The highest BCUT2D eigenvalue weighted by molar-refractivity contribution is 7.51. The Kier molecular flexibility index (Phi) is 5.92. The summed E-state index contributed by atoms with van der Waals surface area (Å²) in [5.74, 6) is 0. The van der Waals surface area contributed by atoms with Gasteiger partial charge in [-0.05, 0) is 6.42 Å². The number of hydrogen-bond donors (Lipinski definition) is 1. The zero-order valence-electron chi connectivity index (χ0n) is 7.93. The summed E-state index contributed by atoms with van der Waals surface area (Å²) < 4.78 is 55.6. The fraction of sp³-hybridized carbons (Fsp3) is 1.00. The Labute approximate surface area is 81.9 Å². The van der Waals surface area contributed by atoms with Gasteiger partial charge in [0, 0.05) is 26.8 Å². The molecule has 0 atom stereocenters. The molecule has 0 rings (SSSR count). The summed E-state index contributed by atoms with van der Waals surface area (Å²) in [4.78, 5) is 0. The van der Waals surface area contributed by atoms with Crippen LogP contribution in [0.15, 0.2) is 0 Å². The molecule has 14 heavy (non-hydrogen) atoms. The molecule has 0 spiro atoms. The molecule has 0 bridgehead atoms. The van der Waals surface area contributed by atoms with Gasteiger partial charge in [0.15, 0.2) is 0 Å². The Hall–Kier alpha value is 0.117. The fourth-order valence-electron chi connectivity index (χ4n) is 0.708. The summed E-state index contributed by atoms with van der Waals surface area (Å²) in [5, 5.41) is 2.30. The van der Waals surface area contributed by atoms with Crippen LogP contribution in [-0.4, -0.2) is 29.8 Å². The summed E-state index contributed by atoms with van der Waals surface area (Å²) in [5.41, 5.74) is 0. The smallest absolute Gasteiger partial charge is 0.300 e. The fourth-order valence-corrected chi connectivity index (χ4v) is 2.13. The summed E-state index contributed by atoms with van der Waals surface area (Å²) >= 11 is 0. The third-order valence-corrected chi connectivity index (χ3v) is 3.92. The second-order valence-electron chi connectivity index (χ2n) is 2.49. The first-order valence-corrected chi connectivity index (χ1v) is 7.25. The quantitative estimate of drug-likeness (QED) is 0.326. The Morgan fingerprint density at radius 3 is 2.14 bits per heavy atom. The highest BCUT2D eigenvalue weighted by Crippen LogP contribution is 2.41. The van der Waals surface area contributed by atoms with Gasteiger partial charge in [0.25, 0.3) is 0 Å². The maximum atomic E-state index is 11.8. The maximum absolute atomic E-state index is 11.8. The van der Waals surface area contributed by atoms with E-state index < -0.39 is 22.9 Å². The number of rotatable bonds is 7. The van der Waals surface area contributed by atoms with Crippen molar-refractivity contribution in [2.45, 2.75) is 12.5 Å². The van der Waals surface area contributed by atoms with Crippen molar-refractivity contribution < 1.29 is 25.9 Å². The molecule has 0 amide bonds. The van der Waals surface area contributed by atoms with E-state index in [4.69, 9.17) is 0 Å². The zero-order chi connectivity index (χ0) is 11.2. The van der Waals surface area contributed by atoms with Crippen molar-refractivity contribution in [2.75, 3.05) is 20.8 Å². The van der Waals surface area contributed by atoms with Gasteiger partial charge in [-0.15, -0.1) is 0 Å². The molecule has 0 aromatic carbocycles. The topological polar surface area (TPSA) is 47.6 Å². The SMILES string of the molecule is COP(=O)(NCCC[Si](F)(F)F)OC. The van der Waals surface area contributed by atoms with Crippen molar-refractivity contribution >= 4 is 16.8 Å². The minimum atomic E-state index is -5.49. The molecule has 0 aromatic rings. The molecule has 0 fully saturated rings. The summed E-state index contributed by atoms with van der Waals surface area (Å²) in [6, 6.07) is -0.784. The lowest BCUT2D eigenvalue weighted by Crippen LogP contribution is -2.19. The first kappa shape index (κ1) is 14.1. The van der Waals surface area contributed by atoms with Gasteiger partial charge in [-0.1, -0.05) is 0 Å². The molecule has 9 heteroatoms. The lowest BCUT2D eigenvalue weighted by Gasteiger charge is -2.14. The molecule has 0 aliphatic carbocycles. The van der Waals surface area contributed by atoms with Gasteiger partial charge in [-0.25, -0.2) is 22.0 Å². The van der Waals surface area contributed by atoms with Gasteiger partial charge in [0.05, 0.1) is 0 Å². The number of hydrogen-bond acceptors (Lipinski definition) is 3. The Morgan fingerprint density at radius 1 is 1.29 bits per heavy atom. The molecule has 0 saturated heterocycles. The predicted molar refractivity (Wildman–Crippen MR) is 48.1 cm³/mol. The first-order valence-electron chi connectivity index (χ1n) is 3.86. The third-order valence-electron chi connectivity index (χ3n) is 1.42. The summed E-state index contributed by atoms with van der Waals surface area (Å²) in [6.07, 6.45) is -0.105. The van der Waals surface area contributed by atoms with Gasteiger partial charge < -0.3 is 9.05 Å². The third kappa shape index (κ3) is 6.55. The van der Waals surface area contributed by atoms with Crippen LogP contribution < -0.4 is 5.09 Å². The van der Waals surface area contributed by atoms with Crippen LogP contribution >= 0.6 is 7.75 Å². The minimum absolute atomic E-state index is 0.0362. The van der Waals surface area contributed by atoms with E-state index in [2.05, 4.69) is 14.1 Å². The van der Waals surface area contributed by atoms with Crippen molar-refractivity contribution in [1.82, 2.24) is 5.09 Å². The molecule has 0 aliphatic rings. The van der Waals surface area contributed by atoms with Gasteiger partial charge in [0.1, 0.15) is 0 Å². The van der Waals surface area contributed by atoms with Crippen molar-refractivity contribution in [1.29, 1.82) is 0 Å². The molecule has 0 saturated carbocycles. The van der Waals surface area contributed by atoms with E-state index in [1.807, 2.05) is 0 Å². The van der Waals surface area contributed by atoms with E-state index in [1.54, 1.807) is 0 Å². The van der Waals surface area contributed by atoms with Crippen LogP contribution in [-0.2, 0) is 13.6 Å². The van der Waals surface area contributed by atoms with Crippen molar-refractivity contribution in [3.05, 3.63) is 0 Å². The van der Waals surface area contributed by atoms with Crippen molar-refractivity contribution in [3.8, 4) is 0 Å². The van der Waals surface area contributed by atoms with E-state index in [0.29, 0.717) is 0 Å². The highest BCUT2D eigenvalue weighted by atomic mass is 31.2. The maximum Gasteiger partial charge on any atom is 0.616 e. The summed E-state index contributed by atoms with van der Waals surface area (Å²) in [7, 11) is -6.53. The van der Waals surface area contributed by atoms with Gasteiger partial charge in [-0.2, -0.15) is 0 Å². The molecule has 0 aromatic heterocycles. The van der Waals surface area contributed by atoms with E-state index in [-0.39, 0.29) is 13.0 Å². The Balaban J connectivity index is 3.69. The second kappa shape index (κ2) is 5.87. The molecule has 1 N–H and O–H groups in total. The lowest BCUT2D eigenvalue weighted by molar-refractivity contribution is 0.264. The summed E-state index contributed by atoms with van der Waals surface area (Å²) in [6.45, 7) is -0.0362.